The van der Waals surface area contributed by atoms with Gasteiger partial charge in [-0.3, -0.25) is 9.59 Å². The summed E-state index contributed by atoms with van der Waals surface area (Å²) in [6.45, 7) is 4.53. The molecule has 0 saturated carbocycles. The van der Waals surface area contributed by atoms with Crippen LogP contribution in [-0.4, -0.2) is 52.8 Å². The molecule has 0 aromatic carbocycles. The lowest BCUT2D eigenvalue weighted by molar-refractivity contribution is -0.130. The molecule has 2 amide bonds. The van der Waals surface area contributed by atoms with Gasteiger partial charge in [0.15, 0.2) is 0 Å². The van der Waals surface area contributed by atoms with E-state index >= 15 is 0 Å². The van der Waals surface area contributed by atoms with Crippen molar-refractivity contribution in [2.24, 2.45) is 0 Å². The molecule has 1 saturated heterocycles. The molecule has 5 nitrogen and oxygen atoms in total. The number of rotatable bonds is 2. The molecule has 1 aromatic heterocycles. The largest absolute Gasteiger partial charge is 0.356 e. The Kier molecular flexibility index (Phi) is 4.63. The van der Waals surface area contributed by atoms with Crippen LogP contribution in [0, 0.1) is 0 Å². The number of amides is 2. The highest BCUT2D eigenvalue weighted by Crippen LogP contribution is 2.14. The fraction of sp³-hybridized carbons (Fsp3) is 0.538. The van der Waals surface area contributed by atoms with E-state index in [-0.39, 0.29) is 11.8 Å². The van der Waals surface area contributed by atoms with Crippen molar-refractivity contribution in [1.82, 2.24) is 14.8 Å². The third-order valence-corrected chi connectivity index (χ3v) is 3.77. The first kappa shape index (κ1) is 14.1. The van der Waals surface area contributed by atoms with E-state index in [2.05, 4.69) is 20.9 Å². The van der Waals surface area contributed by atoms with Crippen molar-refractivity contribution >= 4 is 27.7 Å². The van der Waals surface area contributed by atoms with Crippen LogP contribution in [0.25, 0.3) is 0 Å². The van der Waals surface area contributed by atoms with E-state index in [0.29, 0.717) is 31.7 Å². The van der Waals surface area contributed by atoms with Crippen molar-refractivity contribution in [1.29, 1.82) is 0 Å². The monoisotopic (exact) mass is 327 g/mol. The molecule has 0 aliphatic carbocycles. The molecule has 1 aliphatic heterocycles. The van der Waals surface area contributed by atoms with Gasteiger partial charge in [0.05, 0.1) is 0 Å². The summed E-state index contributed by atoms with van der Waals surface area (Å²) in [7, 11) is 0. The van der Waals surface area contributed by atoms with Crippen molar-refractivity contribution in [3.8, 4) is 0 Å². The van der Waals surface area contributed by atoms with Gasteiger partial charge in [0.1, 0.15) is 5.69 Å². The average Bonchev–Trinajstić information content (AvgIpc) is 2.71. The normalized spacial score (nSPS) is 16.3. The van der Waals surface area contributed by atoms with Gasteiger partial charge in [-0.2, -0.15) is 0 Å². The van der Waals surface area contributed by atoms with Crippen molar-refractivity contribution in [3.63, 3.8) is 0 Å². The van der Waals surface area contributed by atoms with Gasteiger partial charge in [-0.1, -0.05) is 6.92 Å². The Balaban J connectivity index is 1.99. The lowest BCUT2D eigenvalue weighted by atomic mass is 10.3. The van der Waals surface area contributed by atoms with Crippen LogP contribution in [-0.2, 0) is 4.79 Å². The highest BCUT2D eigenvalue weighted by Gasteiger charge is 2.22. The number of hydrogen-bond donors (Lipinski definition) is 1. The predicted molar refractivity (Wildman–Crippen MR) is 75.9 cm³/mol. The molecule has 0 bridgehead atoms. The van der Waals surface area contributed by atoms with Crippen LogP contribution in [0.15, 0.2) is 16.7 Å². The van der Waals surface area contributed by atoms with E-state index in [0.717, 1.165) is 17.4 Å². The molecule has 1 aliphatic rings. The fourth-order valence-electron chi connectivity index (χ4n) is 2.26. The van der Waals surface area contributed by atoms with E-state index in [4.69, 9.17) is 0 Å². The van der Waals surface area contributed by atoms with Gasteiger partial charge < -0.3 is 14.8 Å². The maximum absolute atomic E-state index is 12.3. The summed E-state index contributed by atoms with van der Waals surface area (Å²) < 4.78 is 0.869. The SMILES string of the molecule is CCC(=O)N1CCCN(C(=O)c2cc(Br)c[nH]2)CC1. The van der Waals surface area contributed by atoms with Crippen molar-refractivity contribution in [2.75, 3.05) is 26.2 Å². The number of carbonyl (C=O) groups excluding carboxylic acids is 2. The molecule has 0 unspecified atom stereocenters. The predicted octanol–water partition coefficient (Wildman–Crippen LogP) is 1.86. The van der Waals surface area contributed by atoms with Crippen LogP contribution in [0.4, 0.5) is 0 Å². The Morgan fingerprint density at radius 2 is 1.95 bits per heavy atom. The molecule has 1 fully saturated rings. The Morgan fingerprint density at radius 1 is 1.26 bits per heavy atom. The Labute approximate surface area is 121 Å². The van der Waals surface area contributed by atoms with Gasteiger partial charge in [0.2, 0.25) is 5.91 Å². The molecule has 19 heavy (non-hydrogen) atoms. The van der Waals surface area contributed by atoms with Crippen LogP contribution in [0.1, 0.15) is 30.3 Å². The Morgan fingerprint density at radius 3 is 2.58 bits per heavy atom. The van der Waals surface area contributed by atoms with E-state index in [9.17, 15) is 9.59 Å². The zero-order valence-corrected chi connectivity index (χ0v) is 12.6. The zero-order valence-electron chi connectivity index (χ0n) is 11.0. The van der Waals surface area contributed by atoms with E-state index < -0.39 is 0 Å². The van der Waals surface area contributed by atoms with Gasteiger partial charge in [-0.05, 0) is 28.4 Å². The smallest absolute Gasteiger partial charge is 0.270 e. The third-order valence-electron chi connectivity index (χ3n) is 3.32. The average molecular weight is 328 g/mol. The van der Waals surface area contributed by atoms with Crippen molar-refractivity contribution in [2.45, 2.75) is 19.8 Å². The number of nitrogens with one attached hydrogen (secondary N) is 1. The minimum atomic E-state index is -0.00324. The molecular weight excluding hydrogens is 310 g/mol. The van der Waals surface area contributed by atoms with Crippen molar-refractivity contribution in [3.05, 3.63) is 22.4 Å². The van der Waals surface area contributed by atoms with Crippen LogP contribution < -0.4 is 0 Å². The lowest BCUT2D eigenvalue weighted by Gasteiger charge is -2.21. The first-order valence-electron chi connectivity index (χ1n) is 6.52. The Hall–Kier alpha value is -1.30. The molecule has 0 radical (unpaired) electrons. The van der Waals surface area contributed by atoms with E-state index in [1.807, 2.05) is 11.8 Å². The summed E-state index contributed by atoms with van der Waals surface area (Å²) in [5, 5.41) is 0. The Bertz CT molecular complexity index is 472. The highest BCUT2D eigenvalue weighted by atomic mass is 79.9. The molecule has 2 rings (SSSR count). The summed E-state index contributed by atoms with van der Waals surface area (Å²) in [6, 6.07) is 1.78. The number of aromatic amines is 1. The van der Waals surface area contributed by atoms with Gasteiger partial charge in [0.25, 0.3) is 5.91 Å². The second kappa shape index (κ2) is 6.23. The lowest BCUT2D eigenvalue weighted by Crippen LogP contribution is -2.37. The molecule has 0 spiro atoms. The number of carbonyl (C=O) groups is 2. The standard InChI is InChI=1S/C13H18BrN3O2/c1-2-12(18)16-4-3-5-17(7-6-16)13(19)11-8-10(14)9-15-11/h8-9,15H,2-7H2,1H3. The quantitative estimate of drug-likeness (QED) is 0.901. The topological polar surface area (TPSA) is 56.4 Å². The van der Waals surface area contributed by atoms with Gasteiger partial charge >= 0.3 is 0 Å². The first-order valence-corrected chi connectivity index (χ1v) is 7.32. The van der Waals surface area contributed by atoms with Crippen LogP contribution >= 0.6 is 15.9 Å². The molecule has 1 N–H and O–H groups in total. The maximum atomic E-state index is 12.3. The highest BCUT2D eigenvalue weighted by molar-refractivity contribution is 9.10. The molecule has 104 valence electrons. The third kappa shape index (κ3) is 3.37. The minimum absolute atomic E-state index is 0.00324. The summed E-state index contributed by atoms with van der Waals surface area (Å²) in [4.78, 5) is 30.6. The molecule has 2 heterocycles. The summed E-state index contributed by atoms with van der Waals surface area (Å²) in [5.41, 5.74) is 0.585. The number of H-pyrrole nitrogens is 1. The van der Waals surface area contributed by atoms with Gasteiger partial charge in [-0.25, -0.2) is 0 Å². The number of halogens is 1. The molecule has 1 aromatic rings. The van der Waals surface area contributed by atoms with E-state index in [1.165, 1.54) is 0 Å². The van der Waals surface area contributed by atoms with Crippen LogP contribution in [0.2, 0.25) is 0 Å². The van der Waals surface area contributed by atoms with Gasteiger partial charge in [0, 0.05) is 43.3 Å². The minimum Gasteiger partial charge on any atom is -0.356 e. The number of aromatic nitrogens is 1. The number of nitrogens with zero attached hydrogens (tertiary/aromatic N) is 2. The molecular formula is C13H18BrN3O2. The first-order chi connectivity index (χ1) is 9.11. The molecule has 6 heteroatoms. The number of hydrogen-bond acceptors (Lipinski definition) is 2. The van der Waals surface area contributed by atoms with E-state index in [1.54, 1.807) is 17.2 Å². The maximum Gasteiger partial charge on any atom is 0.270 e. The van der Waals surface area contributed by atoms with Crippen LogP contribution in [0.3, 0.4) is 0 Å². The fourth-order valence-corrected chi connectivity index (χ4v) is 2.60. The van der Waals surface area contributed by atoms with Crippen LogP contribution in [0.5, 0.6) is 0 Å². The summed E-state index contributed by atoms with van der Waals surface area (Å²) >= 11 is 3.32. The summed E-state index contributed by atoms with van der Waals surface area (Å²) in [6.07, 6.45) is 3.11. The second-order valence-corrected chi connectivity index (χ2v) is 5.53. The summed E-state index contributed by atoms with van der Waals surface area (Å²) in [5.74, 6) is 0.161. The zero-order chi connectivity index (χ0) is 13.8. The van der Waals surface area contributed by atoms with Gasteiger partial charge in [-0.15, -0.1) is 0 Å². The molecule has 0 atom stereocenters. The van der Waals surface area contributed by atoms with Crippen molar-refractivity contribution < 1.29 is 9.59 Å². The second-order valence-electron chi connectivity index (χ2n) is 4.61.